The van der Waals surface area contributed by atoms with Crippen LogP contribution in [0.5, 0.6) is 0 Å². The summed E-state index contributed by atoms with van der Waals surface area (Å²) in [7, 11) is 0. The Morgan fingerprint density at radius 2 is 1.83 bits per heavy atom. The van der Waals surface area contributed by atoms with Crippen LogP contribution in [0.2, 0.25) is 0 Å². The quantitative estimate of drug-likeness (QED) is 0.668. The monoisotopic (exact) mass is 254 g/mol. The van der Waals surface area contributed by atoms with Crippen LogP contribution in [0.25, 0.3) is 0 Å². The summed E-state index contributed by atoms with van der Waals surface area (Å²) < 4.78 is 0. The average Bonchev–Trinajstić information content (AvgIpc) is 2.83. The molecule has 2 aliphatic rings. The Kier molecular flexibility index (Phi) is 3.67. The lowest BCUT2D eigenvalue weighted by Gasteiger charge is -2.31. The van der Waals surface area contributed by atoms with Crippen LogP contribution in [0.3, 0.4) is 0 Å². The van der Waals surface area contributed by atoms with Gasteiger partial charge in [0.05, 0.1) is 5.92 Å². The maximum Gasteiger partial charge on any atom is 0.228 e. The number of nitrogens with zero attached hydrogens (tertiary/aromatic N) is 2. The van der Waals surface area contributed by atoms with Gasteiger partial charge in [-0.25, -0.2) is 0 Å². The second-order valence-electron chi connectivity index (χ2n) is 6.68. The van der Waals surface area contributed by atoms with E-state index in [1.165, 1.54) is 0 Å². The lowest BCUT2D eigenvalue weighted by atomic mass is 10.0. The summed E-state index contributed by atoms with van der Waals surface area (Å²) >= 11 is 0. The van der Waals surface area contributed by atoms with Crippen LogP contribution >= 0.6 is 0 Å². The fraction of sp³-hybridized carbons (Fsp3) is 0.923. The third kappa shape index (κ3) is 2.68. The van der Waals surface area contributed by atoms with E-state index in [0.717, 1.165) is 26.1 Å². The van der Waals surface area contributed by atoms with E-state index in [9.17, 15) is 4.79 Å². The number of hydrogen-bond acceptors (Lipinski definition) is 4. The Balaban J connectivity index is 1.99. The zero-order valence-electron chi connectivity index (χ0n) is 11.7. The van der Waals surface area contributed by atoms with Gasteiger partial charge in [0.15, 0.2) is 0 Å². The second kappa shape index (κ2) is 4.79. The van der Waals surface area contributed by atoms with Crippen molar-refractivity contribution in [3.63, 3.8) is 0 Å². The van der Waals surface area contributed by atoms with Crippen LogP contribution in [0.1, 0.15) is 27.2 Å². The third-order valence-corrected chi connectivity index (χ3v) is 4.17. The molecule has 2 fully saturated rings. The molecule has 5 heteroatoms. The van der Waals surface area contributed by atoms with Crippen LogP contribution < -0.4 is 11.5 Å². The molecule has 2 aliphatic heterocycles. The van der Waals surface area contributed by atoms with Gasteiger partial charge in [0.2, 0.25) is 5.91 Å². The molecular weight excluding hydrogens is 228 g/mol. The Hall–Kier alpha value is -0.650. The van der Waals surface area contributed by atoms with E-state index in [2.05, 4.69) is 25.7 Å². The van der Waals surface area contributed by atoms with Gasteiger partial charge in [0, 0.05) is 43.8 Å². The van der Waals surface area contributed by atoms with Gasteiger partial charge in [-0.1, -0.05) is 0 Å². The van der Waals surface area contributed by atoms with Gasteiger partial charge in [0.25, 0.3) is 0 Å². The topological polar surface area (TPSA) is 75.6 Å². The smallest absolute Gasteiger partial charge is 0.228 e. The summed E-state index contributed by atoms with van der Waals surface area (Å²) in [6.45, 7) is 9.56. The molecule has 104 valence electrons. The summed E-state index contributed by atoms with van der Waals surface area (Å²) in [5, 5.41) is 0. The Labute approximate surface area is 109 Å². The largest absolute Gasteiger partial charge is 0.341 e. The first-order valence-corrected chi connectivity index (χ1v) is 6.84. The summed E-state index contributed by atoms with van der Waals surface area (Å²) in [5.41, 5.74) is 12.1. The molecule has 5 nitrogen and oxygen atoms in total. The first-order chi connectivity index (χ1) is 8.29. The molecule has 1 amide bonds. The van der Waals surface area contributed by atoms with Gasteiger partial charge in [-0.3, -0.25) is 9.69 Å². The average molecular weight is 254 g/mol. The number of carbonyl (C=O) groups excluding carboxylic acids is 1. The lowest BCUT2D eigenvalue weighted by Crippen LogP contribution is -2.43. The molecule has 0 aromatic rings. The lowest BCUT2D eigenvalue weighted by molar-refractivity contribution is -0.134. The fourth-order valence-corrected chi connectivity index (χ4v) is 2.86. The van der Waals surface area contributed by atoms with Crippen molar-refractivity contribution < 1.29 is 4.79 Å². The Morgan fingerprint density at radius 3 is 2.28 bits per heavy atom. The van der Waals surface area contributed by atoms with E-state index < -0.39 is 0 Å². The maximum absolute atomic E-state index is 12.4. The molecule has 0 saturated carbocycles. The van der Waals surface area contributed by atoms with Crippen molar-refractivity contribution in [3.8, 4) is 0 Å². The molecule has 0 spiro atoms. The Bertz CT molecular complexity index is 325. The minimum Gasteiger partial charge on any atom is -0.341 e. The zero-order valence-corrected chi connectivity index (χ0v) is 11.7. The number of hydrogen-bond donors (Lipinski definition) is 2. The van der Waals surface area contributed by atoms with Crippen LogP contribution in [-0.2, 0) is 4.79 Å². The molecule has 2 heterocycles. The second-order valence-corrected chi connectivity index (χ2v) is 6.68. The minimum absolute atomic E-state index is 0.0476. The van der Waals surface area contributed by atoms with E-state index in [4.69, 9.17) is 11.5 Å². The molecule has 2 saturated heterocycles. The van der Waals surface area contributed by atoms with Gasteiger partial charge in [-0.2, -0.15) is 0 Å². The van der Waals surface area contributed by atoms with Crippen molar-refractivity contribution in [3.05, 3.63) is 0 Å². The number of carbonyl (C=O) groups is 1. The van der Waals surface area contributed by atoms with Crippen molar-refractivity contribution in [2.24, 2.45) is 17.4 Å². The molecule has 4 N–H and O–H groups in total. The van der Waals surface area contributed by atoms with Crippen LogP contribution in [0.15, 0.2) is 0 Å². The van der Waals surface area contributed by atoms with Gasteiger partial charge >= 0.3 is 0 Å². The van der Waals surface area contributed by atoms with Gasteiger partial charge < -0.3 is 16.4 Å². The highest BCUT2D eigenvalue weighted by Gasteiger charge is 2.41. The van der Waals surface area contributed by atoms with E-state index >= 15 is 0 Å². The standard InChI is InChI=1S/C13H26N4O/c1-13(2,3)17-7-10(11(15)8-17)12(18)16-5-4-9(14)6-16/h9-11H,4-8,14-15H2,1-3H3/t9-,10-,11+/m1/s1. The van der Waals surface area contributed by atoms with Crippen LogP contribution in [-0.4, -0.2) is 59.5 Å². The normalized spacial score (nSPS) is 34.3. The number of amides is 1. The number of nitrogens with two attached hydrogens (primary N) is 2. The molecule has 0 aromatic carbocycles. The molecule has 18 heavy (non-hydrogen) atoms. The van der Waals surface area contributed by atoms with E-state index in [-0.39, 0.29) is 29.4 Å². The SMILES string of the molecule is CC(C)(C)N1C[C@H](N)[C@H](C(=O)N2CC[C@@H](N)C2)C1. The molecule has 0 aliphatic carbocycles. The molecule has 0 aromatic heterocycles. The first-order valence-electron chi connectivity index (χ1n) is 6.84. The number of rotatable bonds is 1. The highest BCUT2D eigenvalue weighted by Crippen LogP contribution is 2.26. The zero-order chi connectivity index (χ0) is 13.5. The predicted octanol–water partition coefficient (Wildman–Crippen LogP) is -0.396. The number of likely N-dealkylation sites (tertiary alicyclic amines) is 2. The molecule has 0 radical (unpaired) electrons. The molecular formula is C13H26N4O. The maximum atomic E-state index is 12.4. The van der Waals surface area contributed by atoms with Crippen molar-refractivity contribution in [2.45, 2.75) is 44.8 Å². The first kappa shape index (κ1) is 13.8. The van der Waals surface area contributed by atoms with Gasteiger partial charge in [-0.05, 0) is 27.2 Å². The highest BCUT2D eigenvalue weighted by atomic mass is 16.2. The van der Waals surface area contributed by atoms with E-state index in [0.29, 0.717) is 6.54 Å². The van der Waals surface area contributed by atoms with Crippen LogP contribution in [0.4, 0.5) is 0 Å². The van der Waals surface area contributed by atoms with Gasteiger partial charge in [0.1, 0.15) is 0 Å². The summed E-state index contributed by atoms with van der Waals surface area (Å²) in [5.74, 6) is 0.136. The highest BCUT2D eigenvalue weighted by molar-refractivity contribution is 5.80. The molecule has 0 bridgehead atoms. The van der Waals surface area contributed by atoms with Crippen molar-refractivity contribution in [1.29, 1.82) is 0 Å². The molecule has 0 unspecified atom stereocenters. The summed E-state index contributed by atoms with van der Waals surface area (Å²) in [6, 6.07) is 0.0962. The van der Waals surface area contributed by atoms with Gasteiger partial charge in [-0.15, -0.1) is 0 Å². The minimum atomic E-state index is -0.0606. The van der Waals surface area contributed by atoms with Crippen LogP contribution in [0, 0.1) is 5.92 Å². The van der Waals surface area contributed by atoms with Crippen molar-refractivity contribution >= 4 is 5.91 Å². The predicted molar refractivity (Wildman–Crippen MR) is 72.0 cm³/mol. The van der Waals surface area contributed by atoms with Crippen molar-refractivity contribution in [1.82, 2.24) is 9.80 Å². The molecule has 2 rings (SSSR count). The Morgan fingerprint density at radius 1 is 1.17 bits per heavy atom. The van der Waals surface area contributed by atoms with E-state index in [1.54, 1.807) is 0 Å². The van der Waals surface area contributed by atoms with Crippen molar-refractivity contribution in [2.75, 3.05) is 26.2 Å². The summed E-state index contributed by atoms with van der Waals surface area (Å²) in [4.78, 5) is 16.6. The fourth-order valence-electron chi connectivity index (χ4n) is 2.86. The summed E-state index contributed by atoms with van der Waals surface area (Å²) in [6.07, 6.45) is 0.913. The van der Waals surface area contributed by atoms with E-state index in [1.807, 2.05) is 4.90 Å². The third-order valence-electron chi connectivity index (χ3n) is 4.17. The molecule has 3 atom stereocenters.